The monoisotopic (exact) mass is 351 g/mol. The summed E-state index contributed by atoms with van der Waals surface area (Å²) in [5.41, 5.74) is 7.01. The predicted molar refractivity (Wildman–Crippen MR) is 110 cm³/mol. The minimum atomic E-state index is -0.239. The molecule has 26 heavy (non-hydrogen) atoms. The van der Waals surface area contributed by atoms with Gasteiger partial charge in [-0.25, -0.2) is 5.43 Å². The molecule has 1 atom stereocenters. The second kappa shape index (κ2) is 9.18. The molecule has 0 fully saturated rings. The van der Waals surface area contributed by atoms with Crippen molar-refractivity contribution in [2.45, 2.75) is 33.1 Å². The Labute approximate surface area is 156 Å². The van der Waals surface area contributed by atoms with E-state index in [4.69, 9.17) is 0 Å². The van der Waals surface area contributed by atoms with E-state index in [0.29, 0.717) is 5.92 Å². The van der Waals surface area contributed by atoms with E-state index in [-0.39, 0.29) is 11.8 Å². The third-order valence-electron chi connectivity index (χ3n) is 4.31. The lowest BCUT2D eigenvalue weighted by molar-refractivity contribution is -0.122. The number of hydrogen-bond acceptors (Lipinski definition) is 3. The van der Waals surface area contributed by atoms with Crippen LogP contribution in [0, 0.1) is 5.92 Å². The van der Waals surface area contributed by atoms with E-state index in [1.165, 1.54) is 5.56 Å². The number of benzene rings is 2. The molecule has 4 heteroatoms. The Balaban J connectivity index is 1.92. The number of carbonyl (C=O) groups is 1. The summed E-state index contributed by atoms with van der Waals surface area (Å²) in [6.07, 6.45) is 2.72. The lowest BCUT2D eigenvalue weighted by atomic mass is 9.96. The van der Waals surface area contributed by atoms with Gasteiger partial charge in [-0.15, -0.1) is 0 Å². The number of hydrazone groups is 1. The Morgan fingerprint density at radius 3 is 2.19 bits per heavy atom. The van der Waals surface area contributed by atoms with E-state index in [9.17, 15) is 4.79 Å². The second-order valence-electron chi connectivity index (χ2n) is 7.28. The van der Waals surface area contributed by atoms with Gasteiger partial charge in [0.1, 0.15) is 0 Å². The van der Waals surface area contributed by atoms with E-state index in [1.54, 1.807) is 6.21 Å². The molecular formula is C22H29N3O. The Morgan fingerprint density at radius 1 is 1.04 bits per heavy atom. The third kappa shape index (κ3) is 5.73. The first-order valence-corrected chi connectivity index (χ1v) is 9.06. The highest BCUT2D eigenvalue weighted by Gasteiger charge is 2.14. The van der Waals surface area contributed by atoms with Crippen molar-refractivity contribution < 1.29 is 4.79 Å². The quantitative estimate of drug-likeness (QED) is 0.600. The lowest BCUT2D eigenvalue weighted by Gasteiger charge is -2.12. The summed E-state index contributed by atoms with van der Waals surface area (Å²) in [5, 5.41) is 4.08. The molecule has 1 N–H and O–H groups in total. The molecule has 0 heterocycles. The van der Waals surface area contributed by atoms with Gasteiger partial charge in [0.2, 0.25) is 5.91 Å². The minimum absolute atomic E-state index is 0.109. The van der Waals surface area contributed by atoms with Crippen molar-refractivity contribution in [3.63, 3.8) is 0 Å². The summed E-state index contributed by atoms with van der Waals surface area (Å²) in [6, 6.07) is 16.3. The molecule has 0 saturated carbocycles. The summed E-state index contributed by atoms with van der Waals surface area (Å²) in [5.74, 6) is 0.279. The van der Waals surface area contributed by atoms with Crippen LogP contribution in [-0.4, -0.2) is 26.2 Å². The van der Waals surface area contributed by atoms with Gasteiger partial charge in [-0.3, -0.25) is 4.79 Å². The molecule has 1 amide bonds. The van der Waals surface area contributed by atoms with Gasteiger partial charge < -0.3 is 4.90 Å². The maximum Gasteiger partial charge on any atom is 0.247 e. The van der Waals surface area contributed by atoms with Crippen LogP contribution in [0.3, 0.4) is 0 Å². The number of amides is 1. The SMILES string of the molecule is CC(C)Cc1ccc([C@@H](C)C(=O)N/N=C\c2ccc(N(C)C)cc2)cc1. The smallest absolute Gasteiger partial charge is 0.247 e. The first-order chi connectivity index (χ1) is 12.4. The highest BCUT2D eigenvalue weighted by molar-refractivity contribution is 5.86. The molecule has 0 spiro atoms. The zero-order chi connectivity index (χ0) is 19.1. The van der Waals surface area contributed by atoms with Gasteiger partial charge in [-0.05, 0) is 48.1 Å². The molecule has 2 rings (SSSR count). The lowest BCUT2D eigenvalue weighted by Crippen LogP contribution is -2.23. The van der Waals surface area contributed by atoms with E-state index in [1.807, 2.05) is 62.3 Å². The van der Waals surface area contributed by atoms with Crippen LogP contribution in [0.1, 0.15) is 43.4 Å². The van der Waals surface area contributed by atoms with E-state index >= 15 is 0 Å². The highest BCUT2D eigenvalue weighted by Crippen LogP contribution is 2.17. The zero-order valence-corrected chi connectivity index (χ0v) is 16.4. The number of hydrogen-bond donors (Lipinski definition) is 1. The fourth-order valence-electron chi connectivity index (χ4n) is 2.69. The van der Waals surface area contributed by atoms with Crippen molar-refractivity contribution in [1.29, 1.82) is 0 Å². The first-order valence-electron chi connectivity index (χ1n) is 9.06. The average molecular weight is 351 g/mol. The molecule has 2 aromatic carbocycles. The van der Waals surface area contributed by atoms with Gasteiger partial charge in [-0.2, -0.15) is 5.10 Å². The topological polar surface area (TPSA) is 44.7 Å². The Kier molecular flexibility index (Phi) is 6.96. The molecule has 0 aliphatic rings. The number of rotatable bonds is 7. The minimum Gasteiger partial charge on any atom is -0.378 e. The number of anilines is 1. The van der Waals surface area contributed by atoms with Crippen LogP contribution in [0.15, 0.2) is 53.6 Å². The van der Waals surface area contributed by atoms with Crippen LogP contribution in [0.5, 0.6) is 0 Å². The molecular weight excluding hydrogens is 322 g/mol. The standard InChI is InChI=1S/C22H29N3O/c1-16(2)14-18-6-10-20(11-7-18)17(3)22(26)24-23-15-19-8-12-21(13-9-19)25(4)5/h6-13,15-17H,14H2,1-5H3,(H,24,26)/b23-15-/t17-/m1/s1. The normalized spacial score (nSPS) is 12.4. The maximum absolute atomic E-state index is 12.3. The number of nitrogens with one attached hydrogen (secondary N) is 1. The van der Waals surface area contributed by atoms with Crippen molar-refractivity contribution in [2.75, 3.05) is 19.0 Å². The fourth-order valence-corrected chi connectivity index (χ4v) is 2.69. The average Bonchev–Trinajstić information content (AvgIpc) is 2.61. The molecule has 4 nitrogen and oxygen atoms in total. The molecule has 138 valence electrons. The third-order valence-corrected chi connectivity index (χ3v) is 4.31. The zero-order valence-electron chi connectivity index (χ0n) is 16.4. The summed E-state index contributed by atoms with van der Waals surface area (Å²) < 4.78 is 0. The van der Waals surface area contributed by atoms with Crippen molar-refractivity contribution in [3.8, 4) is 0 Å². The van der Waals surface area contributed by atoms with Crippen molar-refractivity contribution in [2.24, 2.45) is 11.0 Å². The van der Waals surface area contributed by atoms with Crippen molar-refractivity contribution in [3.05, 3.63) is 65.2 Å². The Bertz CT molecular complexity index is 731. The summed E-state index contributed by atoms with van der Waals surface area (Å²) in [7, 11) is 4.00. The first kappa shape index (κ1) is 19.7. The van der Waals surface area contributed by atoms with Crippen LogP contribution in [0.2, 0.25) is 0 Å². The molecule has 0 aliphatic heterocycles. The number of carbonyl (C=O) groups excluding carboxylic acids is 1. The van der Waals surface area contributed by atoms with Gasteiger partial charge >= 0.3 is 0 Å². The predicted octanol–water partition coefficient (Wildman–Crippen LogP) is 4.20. The fraction of sp³-hybridized carbons (Fsp3) is 0.364. The van der Waals surface area contributed by atoms with Gasteiger partial charge in [0.15, 0.2) is 0 Å². The Hall–Kier alpha value is -2.62. The maximum atomic E-state index is 12.3. The summed E-state index contributed by atoms with van der Waals surface area (Å²) in [6.45, 7) is 6.31. The van der Waals surface area contributed by atoms with Gasteiger partial charge in [0.25, 0.3) is 0 Å². The van der Waals surface area contributed by atoms with Crippen molar-refractivity contribution >= 4 is 17.8 Å². The largest absolute Gasteiger partial charge is 0.378 e. The molecule has 0 bridgehead atoms. The van der Waals surface area contributed by atoms with E-state index in [2.05, 4.69) is 36.5 Å². The van der Waals surface area contributed by atoms with E-state index < -0.39 is 0 Å². The molecule has 0 unspecified atom stereocenters. The molecule has 0 aliphatic carbocycles. The van der Waals surface area contributed by atoms with Crippen LogP contribution < -0.4 is 10.3 Å². The summed E-state index contributed by atoms with van der Waals surface area (Å²) >= 11 is 0. The van der Waals surface area contributed by atoms with Crippen LogP contribution in [0.4, 0.5) is 5.69 Å². The van der Waals surface area contributed by atoms with E-state index in [0.717, 1.165) is 23.2 Å². The van der Waals surface area contributed by atoms with Crippen LogP contribution >= 0.6 is 0 Å². The van der Waals surface area contributed by atoms with Gasteiger partial charge in [0, 0.05) is 19.8 Å². The highest BCUT2D eigenvalue weighted by atomic mass is 16.2. The van der Waals surface area contributed by atoms with Gasteiger partial charge in [-0.1, -0.05) is 50.2 Å². The Morgan fingerprint density at radius 2 is 1.65 bits per heavy atom. The van der Waals surface area contributed by atoms with Gasteiger partial charge in [0.05, 0.1) is 12.1 Å². The molecule has 0 saturated heterocycles. The molecule has 0 radical (unpaired) electrons. The van der Waals surface area contributed by atoms with Crippen molar-refractivity contribution in [1.82, 2.24) is 5.43 Å². The van der Waals surface area contributed by atoms with Crippen LogP contribution in [0.25, 0.3) is 0 Å². The molecule has 0 aromatic heterocycles. The van der Waals surface area contributed by atoms with Crippen LogP contribution in [-0.2, 0) is 11.2 Å². The summed E-state index contributed by atoms with van der Waals surface area (Å²) in [4.78, 5) is 14.3. The molecule has 2 aromatic rings. The number of nitrogens with zero attached hydrogens (tertiary/aromatic N) is 2. The second-order valence-corrected chi connectivity index (χ2v) is 7.28.